The molecule has 0 amide bonds. The van der Waals surface area contributed by atoms with Gasteiger partial charge >= 0.3 is 12.3 Å². The Morgan fingerprint density at radius 2 is 2.10 bits per heavy atom. The lowest BCUT2D eigenvalue weighted by molar-refractivity contribution is -0.148. The van der Waals surface area contributed by atoms with Gasteiger partial charge in [0.25, 0.3) is 0 Å². The van der Waals surface area contributed by atoms with Crippen LogP contribution in [0.3, 0.4) is 0 Å². The molecular formula is C13H16F4N2O. The summed E-state index contributed by atoms with van der Waals surface area (Å²) in [6, 6.07) is 3.67. The van der Waals surface area contributed by atoms with Crippen molar-refractivity contribution in [1.29, 1.82) is 0 Å². The molecule has 0 aliphatic heterocycles. The summed E-state index contributed by atoms with van der Waals surface area (Å²) in [6.07, 6.45) is -1.42. The zero-order valence-electron chi connectivity index (χ0n) is 11.0. The van der Waals surface area contributed by atoms with Crippen molar-refractivity contribution in [1.82, 2.24) is 10.3 Å². The van der Waals surface area contributed by atoms with Gasteiger partial charge in [-0.1, -0.05) is 6.07 Å². The van der Waals surface area contributed by atoms with Crippen LogP contribution >= 0.6 is 0 Å². The third kappa shape index (κ3) is 4.06. The number of alkyl halides is 4. The average molecular weight is 292 g/mol. The lowest BCUT2D eigenvalue weighted by Crippen LogP contribution is -2.33. The number of aryl methyl sites for hydroxylation is 1. The van der Waals surface area contributed by atoms with Crippen molar-refractivity contribution in [3.8, 4) is 5.88 Å². The molecule has 0 saturated heterocycles. The van der Waals surface area contributed by atoms with E-state index >= 15 is 0 Å². The normalized spacial score (nSPS) is 15.7. The first-order valence-electron chi connectivity index (χ1n) is 6.37. The summed E-state index contributed by atoms with van der Waals surface area (Å²) < 4.78 is 54.0. The Bertz CT molecular complexity index is 464. The topological polar surface area (TPSA) is 34.1 Å². The number of nitrogens with zero attached hydrogens (tertiary/aromatic N) is 1. The van der Waals surface area contributed by atoms with E-state index in [1.165, 1.54) is 6.07 Å². The highest BCUT2D eigenvalue weighted by Gasteiger charge is 2.41. The van der Waals surface area contributed by atoms with Gasteiger partial charge in [-0.2, -0.15) is 8.78 Å². The Labute approximate surface area is 114 Å². The number of hydrogen-bond donors (Lipinski definition) is 1. The molecule has 112 valence electrons. The first-order chi connectivity index (χ1) is 9.38. The third-order valence-corrected chi connectivity index (χ3v) is 3.06. The highest BCUT2D eigenvalue weighted by atomic mass is 19.3. The number of ether oxygens (including phenoxy) is 1. The molecule has 1 fully saturated rings. The van der Waals surface area contributed by atoms with E-state index in [0.717, 1.165) is 18.4 Å². The van der Waals surface area contributed by atoms with Gasteiger partial charge in [0.15, 0.2) is 6.61 Å². The van der Waals surface area contributed by atoms with Gasteiger partial charge in [-0.15, -0.1) is 0 Å². The zero-order chi connectivity index (χ0) is 14.8. The van der Waals surface area contributed by atoms with Crippen molar-refractivity contribution in [3.63, 3.8) is 0 Å². The largest absolute Gasteiger partial charge is 0.471 e. The molecule has 1 aliphatic carbocycles. The Morgan fingerprint density at radius 3 is 2.65 bits per heavy atom. The summed E-state index contributed by atoms with van der Waals surface area (Å²) in [5, 5.41) is 3.30. The summed E-state index contributed by atoms with van der Waals surface area (Å²) >= 11 is 0. The third-order valence-electron chi connectivity index (χ3n) is 3.06. The molecule has 1 heterocycles. The van der Waals surface area contributed by atoms with Gasteiger partial charge in [-0.05, 0) is 25.3 Å². The molecule has 20 heavy (non-hydrogen) atoms. The van der Waals surface area contributed by atoms with E-state index in [0.29, 0.717) is 18.3 Å². The van der Waals surface area contributed by atoms with Crippen molar-refractivity contribution in [2.45, 2.75) is 44.7 Å². The number of pyridine rings is 1. The predicted octanol–water partition coefficient (Wildman–Crippen LogP) is 2.92. The van der Waals surface area contributed by atoms with Crippen molar-refractivity contribution in [3.05, 3.63) is 23.4 Å². The van der Waals surface area contributed by atoms with Crippen LogP contribution in [0.2, 0.25) is 0 Å². The van der Waals surface area contributed by atoms with Crippen LogP contribution in [0.1, 0.15) is 24.1 Å². The maximum absolute atomic E-state index is 12.7. The summed E-state index contributed by atoms with van der Waals surface area (Å²) in [4.78, 5) is 3.99. The summed E-state index contributed by atoms with van der Waals surface area (Å²) in [7, 11) is 0. The van der Waals surface area contributed by atoms with Crippen molar-refractivity contribution < 1.29 is 22.3 Å². The Kier molecular flexibility index (Phi) is 4.47. The zero-order valence-corrected chi connectivity index (χ0v) is 11.0. The van der Waals surface area contributed by atoms with Crippen LogP contribution in [0.25, 0.3) is 0 Å². The quantitative estimate of drug-likeness (QED) is 0.785. The molecule has 1 aliphatic rings. The van der Waals surface area contributed by atoms with Gasteiger partial charge in [0.2, 0.25) is 5.88 Å². The van der Waals surface area contributed by atoms with E-state index in [4.69, 9.17) is 0 Å². The first kappa shape index (κ1) is 15.0. The van der Waals surface area contributed by atoms with E-state index in [-0.39, 0.29) is 5.88 Å². The first-order valence-corrected chi connectivity index (χ1v) is 6.37. The molecule has 0 atom stereocenters. The van der Waals surface area contributed by atoms with Gasteiger partial charge in [-0.3, -0.25) is 0 Å². The van der Waals surface area contributed by atoms with Gasteiger partial charge in [0, 0.05) is 24.3 Å². The van der Waals surface area contributed by atoms with Crippen LogP contribution in [-0.4, -0.2) is 30.0 Å². The maximum atomic E-state index is 12.7. The van der Waals surface area contributed by atoms with Crippen LogP contribution in [0.5, 0.6) is 5.88 Å². The summed E-state index contributed by atoms with van der Waals surface area (Å²) in [5.41, 5.74) is 1.57. The highest BCUT2D eigenvalue weighted by Crippen LogP contribution is 2.24. The maximum Gasteiger partial charge on any atom is 0.340 e. The Morgan fingerprint density at radius 1 is 1.40 bits per heavy atom. The molecule has 0 bridgehead atoms. The molecule has 1 aromatic heterocycles. The minimum Gasteiger partial charge on any atom is -0.471 e. The lowest BCUT2D eigenvalue weighted by Gasteiger charge is -2.16. The highest BCUT2D eigenvalue weighted by molar-refractivity contribution is 5.25. The van der Waals surface area contributed by atoms with E-state index in [9.17, 15) is 17.6 Å². The molecule has 0 spiro atoms. The number of rotatable bonds is 7. The average Bonchev–Trinajstić information content (AvgIpc) is 3.19. The van der Waals surface area contributed by atoms with Crippen molar-refractivity contribution in [2.24, 2.45) is 0 Å². The second-order valence-corrected chi connectivity index (χ2v) is 4.90. The molecule has 3 nitrogen and oxygen atoms in total. The molecule has 1 N–H and O–H groups in total. The molecule has 1 aromatic rings. The second kappa shape index (κ2) is 5.95. The van der Waals surface area contributed by atoms with E-state index in [1.54, 1.807) is 13.0 Å². The van der Waals surface area contributed by atoms with Crippen LogP contribution in [0, 0.1) is 6.92 Å². The van der Waals surface area contributed by atoms with Crippen molar-refractivity contribution in [2.75, 3.05) is 6.61 Å². The standard InChI is InChI=1S/C13H16F4N2O/c1-8-9(6-18-10-3-4-10)2-5-11(19-8)20-7-13(16,17)12(14)15/h2,5,10,12,18H,3-4,6-7H2,1H3. The number of nitrogens with one attached hydrogen (secondary N) is 1. The molecular weight excluding hydrogens is 276 g/mol. The molecule has 7 heteroatoms. The van der Waals surface area contributed by atoms with Crippen LogP contribution in [0.4, 0.5) is 17.6 Å². The minimum absolute atomic E-state index is 0.0713. The van der Waals surface area contributed by atoms with E-state index in [2.05, 4.69) is 15.0 Å². The molecule has 0 radical (unpaired) electrons. The number of aromatic nitrogens is 1. The summed E-state index contributed by atoms with van der Waals surface area (Å²) in [5.74, 6) is -4.24. The fourth-order valence-corrected chi connectivity index (χ4v) is 1.61. The monoisotopic (exact) mass is 292 g/mol. The molecule has 0 unspecified atom stereocenters. The fourth-order valence-electron chi connectivity index (χ4n) is 1.61. The van der Waals surface area contributed by atoms with E-state index in [1.807, 2.05) is 0 Å². The second-order valence-electron chi connectivity index (χ2n) is 4.90. The van der Waals surface area contributed by atoms with Crippen molar-refractivity contribution >= 4 is 0 Å². The van der Waals surface area contributed by atoms with Gasteiger partial charge < -0.3 is 10.1 Å². The smallest absolute Gasteiger partial charge is 0.340 e. The van der Waals surface area contributed by atoms with Gasteiger partial charge in [-0.25, -0.2) is 13.8 Å². The lowest BCUT2D eigenvalue weighted by atomic mass is 10.2. The van der Waals surface area contributed by atoms with E-state index < -0.39 is 19.0 Å². The predicted molar refractivity (Wildman–Crippen MR) is 65.3 cm³/mol. The van der Waals surface area contributed by atoms with Gasteiger partial charge in [0.05, 0.1) is 0 Å². The Hall–Kier alpha value is -1.37. The summed E-state index contributed by atoms with van der Waals surface area (Å²) in [6.45, 7) is 0.996. The van der Waals surface area contributed by atoms with Crippen LogP contribution in [-0.2, 0) is 6.54 Å². The van der Waals surface area contributed by atoms with Gasteiger partial charge in [0.1, 0.15) is 0 Å². The SMILES string of the molecule is Cc1nc(OCC(F)(F)C(F)F)ccc1CNC1CC1. The van der Waals surface area contributed by atoms with Crippen LogP contribution in [0.15, 0.2) is 12.1 Å². The number of halogens is 4. The molecule has 2 rings (SSSR count). The minimum atomic E-state index is -4.16. The number of hydrogen-bond acceptors (Lipinski definition) is 3. The Balaban J connectivity index is 1.90. The molecule has 1 saturated carbocycles. The molecule has 0 aromatic carbocycles. The van der Waals surface area contributed by atoms with Crippen LogP contribution < -0.4 is 10.1 Å². The fraction of sp³-hybridized carbons (Fsp3) is 0.615.